The predicted octanol–water partition coefficient (Wildman–Crippen LogP) is 14.1. The van der Waals surface area contributed by atoms with Gasteiger partial charge >= 0.3 is 0 Å². The molecule has 0 aliphatic rings. The van der Waals surface area contributed by atoms with Crippen LogP contribution in [0.15, 0.2) is 194 Å². The van der Waals surface area contributed by atoms with E-state index in [0.717, 1.165) is 5.69 Å². The number of rotatable bonds is 5. The zero-order valence-electron chi connectivity index (χ0n) is 28.8. The fourth-order valence-corrected chi connectivity index (χ4v) is 9.56. The SMILES string of the molecule is c1ccc(-c2ccc3c(c2)c2cc(-c4ccccc4)ccc2n3-c2ccc(-c3cccc4c3c3c5ccccc5sc3n4-c3ccccc3)cc2)cc1. The van der Waals surface area contributed by atoms with Gasteiger partial charge in [0.15, 0.2) is 0 Å². The van der Waals surface area contributed by atoms with Gasteiger partial charge in [-0.05, 0) is 94.0 Å². The van der Waals surface area contributed by atoms with E-state index in [9.17, 15) is 0 Å². The number of para-hydroxylation sites is 1. The first-order valence-corrected chi connectivity index (χ1v) is 18.9. The molecule has 0 spiro atoms. The number of hydrogen-bond acceptors (Lipinski definition) is 1. The molecule has 0 fully saturated rings. The van der Waals surface area contributed by atoms with Gasteiger partial charge in [0.25, 0.3) is 0 Å². The van der Waals surface area contributed by atoms with Gasteiger partial charge in [0.1, 0.15) is 4.83 Å². The minimum absolute atomic E-state index is 1.15. The van der Waals surface area contributed by atoms with E-state index >= 15 is 0 Å². The Morgan fingerprint density at radius 2 is 0.868 bits per heavy atom. The summed E-state index contributed by atoms with van der Waals surface area (Å²) < 4.78 is 6.18. The summed E-state index contributed by atoms with van der Waals surface area (Å²) >= 11 is 1.87. The maximum atomic E-state index is 2.44. The number of thiophene rings is 1. The molecule has 0 bridgehead atoms. The van der Waals surface area contributed by atoms with E-state index in [1.807, 2.05) is 11.3 Å². The Morgan fingerprint density at radius 3 is 1.51 bits per heavy atom. The molecule has 0 aliphatic carbocycles. The van der Waals surface area contributed by atoms with Crippen molar-refractivity contribution in [2.45, 2.75) is 0 Å². The van der Waals surface area contributed by atoms with Crippen molar-refractivity contribution in [1.82, 2.24) is 9.13 Å². The van der Waals surface area contributed by atoms with Crippen molar-refractivity contribution in [2.24, 2.45) is 0 Å². The smallest absolute Gasteiger partial charge is 0.109 e. The van der Waals surface area contributed by atoms with Crippen LogP contribution in [-0.4, -0.2) is 9.13 Å². The van der Waals surface area contributed by atoms with Crippen molar-refractivity contribution in [3.05, 3.63) is 194 Å². The summed E-state index contributed by atoms with van der Waals surface area (Å²) in [4.78, 5) is 1.28. The van der Waals surface area contributed by atoms with Crippen LogP contribution in [0.1, 0.15) is 0 Å². The highest BCUT2D eigenvalue weighted by molar-refractivity contribution is 7.25. The minimum Gasteiger partial charge on any atom is -0.309 e. The lowest BCUT2D eigenvalue weighted by atomic mass is 9.99. The van der Waals surface area contributed by atoms with E-state index in [2.05, 4.69) is 203 Å². The van der Waals surface area contributed by atoms with Crippen molar-refractivity contribution >= 4 is 64.3 Å². The van der Waals surface area contributed by atoms with Crippen molar-refractivity contribution < 1.29 is 0 Å². The largest absolute Gasteiger partial charge is 0.309 e. The molecule has 3 aromatic heterocycles. The van der Waals surface area contributed by atoms with Crippen LogP contribution < -0.4 is 0 Å². The fraction of sp³-hybridized carbons (Fsp3) is 0. The van der Waals surface area contributed by atoms with Gasteiger partial charge in [0.2, 0.25) is 0 Å². The van der Waals surface area contributed by atoms with E-state index in [0.29, 0.717) is 0 Å². The van der Waals surface area contributed by atoms with E-state index in [1.165, 1.54) is 92.1 Å². The molecule has 0 atom stereocenters. The maximum Gasteiger partial charge on any atom is 0.109 e. The molecule has 0 aliphatic heterocycles. The zero-order valence-corrected chi connectivity index (χ0v) is 29.6. The second-order valence-corrected chi connectivity index (χ2v) is 14.8. The number of nitrogens with zero attached hydrogens (tertiary/aromatic N) is 2. The Bertz CT molecular complexity index is 3030. The molecule has 11 aromatic rings. The topological polar surface area (TPSA) is 9.86 Å². The van der Waals surface area contributed by atoms with E-state index in [4.69, 9.17) is 0 Å². The Hall–Kier alpha value is -6.68. The molecule has 0 saturated carbocycles. The zero-order chi connectivity index (χ0) is 34.9. The summed E-state index contributed by atoms with van der Waals surface area (Å²) in [5.41, 5.74) is 13.3. The standard InChI is InChI=1S/C50H32N2S/c1-4-13-33(14-5-1)36-25-29-44-42(31-36)43-32-37(34-15-6-2-7-16-34)26-30-45(43)51(44)39-27-23-35(24-28-39)40-20-12-21-46-48(40)49-41-19-10-11-22-47(41)53-50(49)52(46)38-17-8-3-9-18-38/h1-32H. The number of benzene rings is 8. The molecule has 0 unspecified atom stereocenters. The van der Waals surface area contributed by atoms with Crippen molar-refractivity contribution in [3.63, 3.8) is 0 Å². The predicted molar refractivity (Wildman–Crippen MR) is 227 cm³/mol. The van der Waals surface area contributed by atoms with Crippen LogP contribution in [0.5, 0.6) is 0 Å². The molecule has 248 valence electrons. The maximum absolute atomic E-state index is 2.44. The first kappa shape index (κ1) is 30.0. The summed E-state index contributed by atoms with van der Waals surface area (Å²) in [6.45, 7) is 0. The molecule has 11 rings (SSSR count). The minimum atomic E-state index is 1.15. The van der Waals surface area contributed by atoms with Gasteiger partial charge in [-0.2, -0.15) is 0 Å². The molecule has 0 N–H and O–H groups in total. The Balaban J connectivity index is 1.11. The van der Waals surface area contributed by atoms with Crippen LogP contribution in [0.3, 0.4) is 0 Å². The van der Waals surface area contributed by atoms with Crippen molar-refractivity contribution in [1.29, 1.82) is 0 Å². The van der Waals surface area contributed by atoms with Crippen LogP contribution >= 0.6 is 11.3 Å². The van der Waals surface area contributed by atoms with Gasteiger partial charge < -0.3 is 9.13 Å². The Labute approximate surface area is 311 Å². The van der Waals surface area contributed by atoms with Crippen molar-refractivity contribution in [3.8, 4) is 44.8 Å². The molecular formula is C50H32N2S. The van der Waals surface area contributed by atoms with Crippen LogP contribution in [-0.2, 0) is 0 Å². The molecule has 3 heterocycles. The number of aromatic nitrogens is 2. The van der Waals surface area contributed by atoms with Crippen LogP contribution in [0.25, 0.3) is 97.8 Å². The van der Waals surface area contributed by atoms with E-state index in [1.54, 1.807) is 0 Å². The third kappa shape index (κ3) is 4.71. The quantitative estimate of drug-likeness (QED) is 0.170. The Morgan fingerprint density at radius 1 is 0.321 bits per heavy atom. The molecular weight excluding hydrogens is 661 g/mol. The number of hydrogen-bond donors (Lipinski definition) is 0. The van der Waals surface area contributed by atoms with Gasteiger partial charge in [0.05, 0.1) is 16.6 Å². The first-order chi connectivity index (χ1) is 26.3. The lowest BCUT2D eigenvalue weighted by Crippen LogP contribution is -1.94. The van der Waals surface area contributed by atoms with Gasteiger partial charge in [-0.1, -0.05) is 133 Å². The van der Waals surface area contributed by atoms with Crippen LogP contribution in [0, 0.1) is 0 Å². The molecule has 0 amide bonds. The van der Waals surface area contributed by atoms with Gasteiger partial charge in [-0.15, -0.1) is 11.3 Å². The molecule has 0 radical (unpaired) electrons. The second-order valence-electron chi connectivity index (χ2n) is 13.7. The highest BCUT2D eigenvalue weighted by atomic mass is 32.1. The van der Waals surface area contributed by atoms with Crippen molar-refractivity contribution in [2.75, 3.05) is 0 Å². The first-order valence-electron chi connectivity index (χ1n) is 18.1. The number of fused-ring (bicyclic) bond motifs is 8. The third-order valence-corrected chi connectivity index (χ3v) is 11.9. The summed E-state index contributed by atoms with van der Waals surface area (Å²) in [6.07, 6.45) is 0. The highest BCUT2D eigenvalue weighted by Crippen LogP contribution is 2.46. The monoisotopic (exact) mass is 692 g/mol. The van der Waals surface area contributed by atoms with E-state index in [-0.39, 0.29) is 0 Å². The van der Waals surface area contributed by atoms with Gasteiger partial charge in [-0.25, -0.2) is 0 Å². The highest BCUT2D eigenvalue weighted by Gasteiger charge is 2.21. The fourth-order valence-electron chi connectivity index (χ4n) is 8.32. The second kappa shape index (κ2) is 11.9. The average Bonchev–Trinajstić information content (AvgIpc) is 3.88. The van der Waals surface area contributed by atoms with Gasteiger partial charge in [-0.3, -0.25) is 0 Å². The van der Waals surface area contributed by atoms with Gasteiger partial charge in [0, 0.05) is 43.0 Å². The van der Waals surface area contributed by atoms with Crippen LogP contribution in [0.2, 0.25) is 0 Å². The summed E-state index contributed by atoms with van der Waals surface area (Å²) in [7, 11) is 0. The molecule has 53 heavy (non-hydrogen) atoms. The van der Waals surface area contributed by atoms with E-state index < -0.39 is 0 Å². The summed E-state index contributed by atoms with van der Waals surface area (Å²) in [5.74, 6) is 0. The Kier molecular flexibility index (Phi) is 6.76. The third-order valence-electron chi connectivity index (χ3n) is 10.7. The average molecular weight is 693 g/mol. The lowest BCUT2D eigenvalue weighted by Gasteiger charge is -2.12. The molecule has 0 saturated heterocycles. The molecule has 3 heteroatoms. The lowest BCUT2D eigenvalue weighted by molar-refractivity contribution is 1.18. The molecule has 2 nitrogen and oxygen atoms in total. The normalized spacial score (nSPS) is 11.8. The summed E-state index contributed by atoms with van der Waals surface area (Å²) in [6, 6.07) is 70.7. The summed E-state index contributed by atoms with van der Waals surface area (Å²) in [5, 5.41) is 6.44. The molecule has 8 aromatic carbocycles. The van der Waals surface area contributed by atoms with Crippen LogP contribution in [0.4, 0.5) is 0 Å².